The lowest BCUT2D eigenvalue weighted by molar-refractivity contribution is 0.379. The first-order valence-electron chi connectivity index (χ1n) is 6.23. The molecule has 0 aromatic heterocycles. The first-order valence-corrected chi connectivity index (χ1v) is 7.88. The van der Waals surface area contributed by atoms with Crippen LogP contribution in [0.4, 0.5) is 0 Å². The van der Waals surface area contributed by atoms with Gasteiger partial charge in [0, 0.05) is 12.6 Å². The van der Waals surface area contributed by atoms with Crippen LogP contribution < -0.4 is 10.0 Å². The van der Waals surface area contributed by atoms with Gasteiger partial charge in [0.05, 0.1) is 5.75 Å². The van der Waals surface area contributed by atoms with E-state index in [1.807, 2.05) is 25.9 Å². The molecule has 0 aliphatic carbocycles. The Bertz CT molecular complexity index is 278. The third-order valence-electron chi connectivity index (χ3n) is 2.36. The molecule has 17 heavy (non-hydrogen) atoms. The summed E-state index contributed by atoms with van der Waals surface area (Å²) >= 11 is 0. The van der Waals surface area contributed by atoms with Crippen molar-refractivity contribution in [2.24, 2.45) is 0 Å². The van der Waals surface area contributed by atoms with Crippen molar-refractivity contribution in [2.45, 2.75) is 32.7 Å². The van der Waals surface area contributed by atoms with Gasteiger partial charge in [0.25, 0.3) is 0 Å². The maximum atomic E-state index is 11.7. The summed E-state index contributed by atoms with van der Waals surface area (Å²) in [7, 11) is 0.824. The normalized spacial score (nSPS) is 14.2. The van der Waals surface area contributed by atoms with Gasteiger partial charge in [0.2, 0.25) is 10.0 Å². The SMILES string of the molecule is CCCNCCS(=O)(=O)NC(C)CCN(C)C. The van der Waals surface area contributed by atoms with E-state index < -0.39 is 10.0 Å². The fourth-order valence-corrected chi connectivity index (χ4v) is 2.65. The second kappa shape index (κ2) is 8.85. The predicted molar refractivity (Wildman–Crippen MR) is 72.7 cm³/mol. The van der Waals surface area contributed by atoms with E-state index in [1.165, 1.54) is 0 Å². The topological polar surface area (TPSA) is 61.4 Å². The van der Waals surface area contributed by atoms with Crippen LogP contribution in [0.3, 0.4) is 0 Å². The van der Waals surface area contributed by atoms with Gasteiger partial charge >= 0.3 is 0 Å². The molecule has 0 rings (SSSR count). The van der Waals surface area contributed by atoms with Crippen LogP contribution in [0.15, 0.2) is 0 Å². The van der Waals surface area contributed by atoms with Crippen LogP contribution in [0.25, 0.3) is 0 Å². The third-order valence-corrected chi connectivity index (χ3v) is 3.87. The van der Waals surface area contributed by atoms with Gasteiger partial charge < -0.3 is 10.2 Å². The van der Waals surface area contributed by atoms with Gasteiger partial charge in [0.15, 0.2) is 0 Å². The number of rotatable bonds is 10. The number of nitrogens with one attached hydrogen (secondary N) is 2. The molecule has 2 N–H and O–H groups in total. The Morgan fingerprint density at radius 1 is 1.24 bits per heavy atom. The Kier molecular flexibility index (Phi) is 8.77. The standard InChI is InChI=1S/C11H27N3O2S/c1-5-7-12-8-10-17(15,16)13-11(2)6-9-14(3)4/h11-13H,5-10H2,1-4H3. The van der Waals surface area contributed by atoms with Crippen molar-refractivity contribution in [1.82, 2.24) is 14.9 Å². The summed E-state index contributed by atoms with van der Waals surface area (Å²) in [5, 5.41) is 3.09. The molecule has 1 unspecified atom stereocenters. The molecule has 5 nitrogen and oxygen atoms in total. The van der Waals surface area contributed by atoms with E-state index in [-0.39, 0.29) is 11.8 Å². The van der Waals surface area contributed by atoms with Gasteiger partial charge in [-0.05, 0) is 47.0 Å². The number of hydrogen-bond acceptors (Lipinski definition) is 4. The molecular weight excluding hydrogens is 238 g/mol. The summed E-state index contributed by atoms with van der Waals surface area (Å²) in [6, 6.07) is -0.00595. The fourth-order valence-electron chi connectivity index (χ4n) is 1.38. The van der Waals surface area contributed by atoms with Gasteiger partial charge in [-0.25, -0.2) is 13.1 Å². The zero-order chi connectivity index (χ0) is 13.3. The number of hydrogen-bond donors (Lipinski definition) is 2. The van der Waals surface area contributed by atoms with Crippen molar-refractivity contribution in [2.75, 3.05) is 39.5 Å². The first-order chi connectivity index (χ1) is 7.87. The van der Waals surface area contributed by atoms with Gasteiger partial charge in [-0.1, -0.05) is 6.92 Å². The fraction of sp³-hybridized carbons (Fsp3) is 1.00. The van der Waals surface area contributed by atoms with Crippen molar-refractivity contribution >= 4 is 10.0 Å². The van der Waals surface area contributed by atoms with E-state index in [4.69, 9.17) is 0 Å². The Balaban J connectivity index is 3.82. The molecule has 0 bridgehead atoms. The van der Waals surface area contributed by atoms with E-state index in [0.717, 1.165) is 25.9 Å². The Morgan fingerprint density at radius 2 is 1.88 bits per heavy atom. The quantitative estimate of drug-likeness (QED) is 0.556. The average molecular weight is 265 g/mol. The zero-order valence-corrected chi connectivity index (χ0v) is 12.3. The van der Waals surface area contributed by atoms with E-state index in [2.05, 4.69) is 17.0 Å². The molecular formula is C11H27N3O2S. The van der Waals surface area contributed by atoms with E-state index in [0.29, 0.717) is 6.54 Å². The second-order valence-electron chi connectivity index (χ2n) is 4.68. The molecule has 0 aliphatic rings. The molecule has 6 heteroatoms. The highest BCUT2D eigenvalue weighted by Crippen LogP contribution is 1.95. The predicted octanol–water partition coefficient (Wildman–Crippen LogP) is 0.246. The summed E-state index contributed by atoms with van der Waals surface area (Å²) in [6.45, 7) is 6.23. The van der Waals surface area contributed by atoms with Gasteiger partial charge in [-0.3, -0.25) is 0 Å². The molecule has 0 spiro atoms. The highest BCUT2D eigenvalue weighted by Gasteiger charge is 2.13. The summed E-state index contributed by atoms with van der Waals surface area (Å²) in [5.41, 5.74) is 0. The molecule has 104 valence electrons. The smallest absolute Gasteiger partial charge is 0.213 e. The Labute approximate surface area is 106 Å². The summed E-state index contributed by atoms with van der Waals surface area (Å²) in [6.07, 6.45) is 1.85. The summed E-state index contributed by atoms with van der Waals surface area (Å²) < 4.78 is 26.1. The van der Waals surface area contributed by atoms with Crippen molar-refractivity contribution < 1.29 is 8.42 Å². The van der Waals surface area contributed by atoms with Gasteiger partial charge in [0.1, 0.15) is 0 Å². The number of sulfonamides is 1. The average Bonchev–Trinajstić information content (AvgIpc) is 2.21. The molecule has 0 aromatic rings. The van der Waals surface area contributed by atoms with Crippen LogP contribution in [-0.2, 0) is 10.0 Å². The van der Waals surface area contributed by atoms with E-state index >= 15 is 0 Å². The van der Waals surface area contributed by atoms with Crippen LogP contribution in [-0.4, -0.2) is 58.8 Å². The number of nitrogens with zero attached hydrogens (tertiary/aromatic N) is 1. The van der Waals surface area contributed by atoms with Crippen molar-refractivity contribution in [3.8, 4) is 0 Å². The maximum Gasteiger partial charge on any atom is 0.213 e. The van der Waals surface area contributed by atoms with Crippen LogP contribution in [0, 0.1) is 0 Å². The van der Waals surface area contributed by atoms with E-state index in [9.17, 15) is 8.42 Å². The Hall–Kier alpha value is -0.170. The minimum atomic E-state index is -3.14. The lowest BCUT2D eigenvalue weighted by Crippen LogP contribution is -2.38. The van der Waals surface area contributed by atoms with Crippen molar-refractivity contribution in [3.63, 3.8) is 0 Å². The zero-order valence-electron chi connectivity index (χ0n) is 11.5. The lowest BCUT2D eigenvalue weighted by Gasteiger charge is -2.16. The van der Waals surface area contributed by atoms with Crippen molar-refractivity contribution in [1.29, 1.82) is 0 Å². The molecule has 0 aliphatic heterocycles. The van der Waals surface area contributed by atoms with Crippen molar-refractivity contribution in [3.05, 3.63) is 0 Å². The Morgan fingerprint density at radius 3 is 2.41 bits per heavy atom. The molecule has 1 atom stereocenters. The van der Waals surface area contributed by atoms with Crippen LogP contribution in [0.5, 0.6) is 0 Å². The maximum absolute atomic E-state index is 11.7. The lowest BCUT2D eigenvalue weighted by atomic mass is 10.2. The second-order valence-corrected chi connectivity index (χ2v) is 6.55. The van der Waals surface area contributed by atoms with Gasteiger partial charge in [-0.2, -0.15) is 0 Å². The molecule has 0 fully saturated rings. The van der Waals surface area contributed by atoms with Crippen LogP contribution in [0.2, 0.25) is 0 Å². The highest BCUT2D eigenvalue weighted by molar-refractivity contribution is 7.89. The molecule has 0 amide bonds. The minimum absolute atomic E-state index is 0.00595. The van der Waals surface area contributed by atoms with E-state index in [1.54, 1.807) is 0 Å². The van der Waals surface area contributed by atoms with Crippen LogP contribution >= 0.6 is 0 Å². The van der Waals surface area contributed by atoms with Gasteiger partial charge in [-0.15, -0.1) is 0 Å². The molecule has 0 radical (unpaired) electrons. The molecule has 0 saturated carbocycles. The summed E-state index contributed by atoms with van der Waals surface area (Å²) in [5.74, 6) is 0.152. The molecule has 0 aromatic carbocycles. The monoisotopic (exact) mass is 265 g/mol. The highest BCUT2D eigenvalue weighted by atomic mass is 32.2. The minimum Gasteiger partial charge on any atom is -0.316 e. The first kappa shape index (κ1) is 16.8. The third kappa shape index (κ3) is 10.7. The van der Waals surface area contributed by atoms with Crippen LogP contribution in [0.1, 0.15) is 26.7 Å². The molecule has 0 saturated heterocycles. The largest absolute Gasteiger partial charge is 0.316 e. The summed E-state index contributed by atoms with van der Waals surface area (Å²) in [4.78, 5) is 2.05. The molecule has 0 heterocycles.